The van der Waals surface area contributed by atoms with Crippen LogP contribution < -0.4 is 9.62 Å². The number of anilines is 2. The second kappa shape index (κ2) is 8.57. The van der Waals surface area contributed by atoms with Gasteiger partial charge in [0.25, 0.3) is 0 Å². The third kappa shape index (κ3) is 4.89. The molecule has 1 amide bonds. The zero-order chi connectivity index (χ0) is 20.2. The Hall–Kier alpha value is -2.34. The monoisotopic (exact) mass is 388 g/mol. The largest absolute Gasteiger partial charge is 0.324 e. The molecule has 0 aliphatic heterocycles. The molecule has 27 heavy (non-hydrogen) atoms. The molecule has 0 aliphatic rings. The number of hydrogen-bond donors (Lipinski definition) is 1. The molecule has 0 fully saturated rings. The van der Waals surface area contributed by atoms with Gasteiger partial charge in [-0.15, -0.1) is 0 Å². The Morgan fingerprint density at radius 3 is 2.33 bits per heavy atom. The molecule has 0 saturated carbocycles. The number of benzene rings is 2. The molecule has 2 rings (SSSR count). The van der Waals surface area contributed by atoms with Gasteiger partial charge in [-0.2, -0.15) is 0 Å². The van der Waals surface area contributed by atoms with Gasteiger partial charge in [0, 0.05) is 5.69 Å². The number of amides is 1. The third-order valence-corrected chi connectivity index (χ3v) is 5.75. The highest BCUT2D eigenvalue weighted by atomic mass is 32.2. The van der Waals surface area contributed by atoms with E-state index in [9.17, 15) is 13.2 Å². The average molecular weight is 389 g/mol. The standard InChI is InChI=1S/C21H28N2O3S/c1-6-17-12-9-11-16(4)20(17)22-21(24)19(7-2)23(27(5,25)26)18-13-8-10-15(3)14-18/h8-14,19H,6-7H2,1-5H3,(H,22,24)/t19-/m1/s1. The maximum Gasteiger partial charge on any atom is 0.248 e. The first-order chi connectivity index (χ1) is 12.7. The van der Waals surface area contributed by atoms with Crippen LogP contribution in [0.5, 0.6) is 0 Å². The fourth-order valence-corrected chi connectivity index (χ4v) is 4.44. The van der Waals surface area contributed by atoms with Crippen LogP contribution in [0.25, 0.3) is 0 Å². The van der Waals surface area contributed by atoms with Crippen molar-refractivity contribution in [2.75, 3.05) is 15.9 Å². The van der Waals surface area contributed by atoms with Gasteiger partial charge in [-0.3, -0.25) is 9.10 Å². The molecule has 0 aromatic heterocycles. The summed E-state index contributed by atoms with van der Waals surface area (Å²) in [7, 11) is -3.64. The molecule has 0 saturated heterocycles. The summed E-state index contributed by atoms with van der Waals surface area (Å²) in [5.41, 5.74) is 4.18. The molecule has 5 nitrogen and oxygen atoms in total. The lowest BCUT2D eigenvalue weighted by Gasteiger charge is -2.30. The minimum Gasteiger partial charge on any atom is -0.324 e. The van der Waals surface area contributed by atoms with Crippen molar-refractivity contribution >= 4 is 27.3 Å². The lowest BCUT2D eigenvalue weighted by Crippen LogP contribution is -2.47. The average Bonchev–Trinajstić information content (AvgIpc) is 2.59. The Balaban J connectivity index is 2.44. The van der Waals surface area contributed by atoms with Crippen molar-refractivity contribution in [1.29, 1.82) is 0 Å². The van der Waals surface area contributed by atoms with Gasteiger partial charge in [-0.05, 0) is 55.5 Å². The minimum absolute atomic E-state index is 0.326. The Labute approximate surface area is 162 Å². The van der Waals surface area contributed by atoms with Crippen molar-refractivity contribution < 1.29 is 13.2 Å². The Morgan fingerprint density at radius 2 is 1.78 bits per heavy atom. The summed E-state index contributed by atoms with van der Waals surface area (Å²) in [5, 5.41) is 2.97. The van der Waals surface area contributed by atoms with Crippen molar-refractivity contribution in [2.45, 2.75) is 46.6 Å². The van der Waals surface area contributed by atoms with E-state index in [0.717, 1.165) is 35.1 Å². The molecule has 0 spiro atoms. The highest BCUT2D eigenvalue weighted by molar-refractivity contribution is 7.92. The number of carbonyl (C=O) groups is 1. The molecule has 0 aliphatic carbocycles. The molecular weight excluding hydrogens is 360 g/mol. The Morgan fingerprint density at radius 1 is 1.11 bits per heavy atom. The van der Waals surface area contributed by atoms with E-state index in [0.29, 0.717) is 12.1 Å². The smallest absolute Gasteiger partial charge is 0.248 e. The number of aryl methyl sites for hydroxylation is 3. The molecule has 0 radical (unpaired) electrons. The van der Waals surface area contributed by atoms with E-state index in [4.69, 9.17) is 0 Å². The van der Waals surface area contributed by atoms with Crippen LogP contribution in [0, 0.1) is 13.8 Å². The summed E-state index contributed by atoms with van der Waals surface area (Å²) >= 11 is 0. The van der Waals surface area contributed by atoms with Gasteiger partial charge >= 0.3 is 0 Å². The molecule has 1 N–H and O–H groups in total. The van der Waals surface area contributed by atoms with Gasteiger partial charge < -0.3 is 5.32 Å². The number of nitrogens with one attached hydrogen (secondary N) is 1. The molecule has 2 aromatic rings. The molecule has 2 aromatic carbocycles. The summed E-state index contributed by atoms with van der Waals surface area (Å²) in [6.07, 6.45) is 2.28. The summed E-state index contributed by atoms with van der Waals surface area (Å²) < 4.78 is 26.3. The summed E-state index contributed by atoms with van der Waals surface area (Å²) in [6, 6.07) is 12.2. The maximum absolute atomic E-state index is 13.1. The second-order valence-electron chi connectivity index (χ2n) is 6.77. The molecule has 6 heteroatoms. The predicted molar refractivity (Wildman–Crippen MR) is 112 cm³/mol. The maximum atomic E-state index is 13.1. The van der Waals surface area contributed by atoms with Crippen LogP contribution in [-0.2, 0) is 21.2 Å². The summed E-state index contributed by atoms with van der Waals surface area (Å²) in [4.78, 5) is 13.1. The number of rotatable bonds is 7. The lowest BCUT2D eigenvalue weighted by molar-refractivity contribution is -0.117. The van der Waals surface area contributed by atoms with Crippen LogP contribution in [0.1, 0.15) is 37.0 Å². The van der Waals surface area contributed by atoms with E-state index >= 15 is 0 Å². The van der Waals surface area contributed by atoms with E-state index < -0.39 is 16.1 Å². The van der Waals surface area contributed by atoms with Crippen LogP contribution in [0.2, 0.25) is 0 Å². The van der Waals surface area contributed by atoms with Crippen molar-refractivity contribution in [3.63, 3.8) is 0 Å². The quantitative estimate of drug-likeness (QED) is 0.778. The molecule has 0 bridgehead atoms. The van der Waals surface area contributed by atoms with E-state index in [1.54, 1.807) is 18.2 Å². The van der Waals surface area contributed by atoms with Gasteiger partial charge in [-0.25, -0.2) is 8.42 Å². The molecule has 0 heterocycles. The zero-order valence-electron chi connectivity index (χ0n) is 16.6. The zero-order valence-corrected chi connectivity index (χ0v) is 17.4. The number of sulfonamides is 1. The van der Waals surface area contributed by atoms with Gasteiger partial charge in [0.15, 0.2) is 0 Å². The highest BCUT2D eigenvalue weighted by Gasteiger charge is 2.32. The first-order valence-corrected chi connectivity index (χ1v) is 11.0. The number of carbonyl (C=O) groups excluding carboxylic acids is 1. The molecular formula is C21H28N2O3S. The SMILES string of the molecule is CCc1cccc(C)c1NC(=O)[C@@H](CC)N(c1cccc(C)c1)S(C)(=O)=O. The van der Waals surface area contributed by atoms with Crippen LogP contribution >= 0.6 is 0 Å². The number of nitrogens with zero attached hydrogens (tertiary/aromatic N) is 1. The molecule has 146 valence electrons. The summed E-state index contributed by atoms with van der Waals surface area (Å²) in [5.74, 6) is -0.326. The fraction of sp³-hybridized carbons (Fsp3) is 0.381. The minimum atomic E-state index is -3.64. The van der Waals surface area contributed by atoms with Crippen LogP contribution in [-0.4, -0.2) is 26.6 Å². The lowest BCUT2D eigenvalue weighted by atomic mass is 10.0. The van der Waals surface area contributed by atoms with Crippen molar-refractivity contribution in [1.82, 2.24) is 0 Å². The highest BCUT2D eigenvalue weighted by Crippen LogP contribution is 2.26. The van der Waals surface area contributed by atoms with Crippen LogP contribution in [0.4, 0.5) is 11.4 Å². The summed E-state index contributed by atoms with van der Waals surface area (Å²) in [6.45, 7) is 7.67. The normalized spacial score (nSPS) is 12.5. The second-order valence-corrected chi connectivity index (χ2v) is 8.63. The van der Waals surface area contributed by atoms with E-state index in [1.807, 2.05) is 52.0 Å². The Bertz CT molecular complexity index is 923. The number of hydrogen-bond acceptors (Lipinski definition) is 3. The van der Waals surface area contributed by atoms with Crippen molar-refractivity contribution in [3.8, 4) is 0 Å². The van der Waals surface area contributed by atoms with E-state index in [-0.39, 0.29) is 5.91 Å². The number of para-hydroxylation sites is 1. The Kier molecular flexibility index (Phi) is 6.65. The first kappa shape index (κ1) is 21.0. The van der Waals surface area contributed by atoms with Gasteiger partial charge in [0.2, 0.25) is 15.9 Å². The van der Waals surface area contributed by atoms with Crippen LogP contribution in [0.3, 0.4) is 0 Å². The van der Waals surface area contributed by atoms with E-state index in [1.165, 1.54) is 4.31 Å². The van der Waals surface area contributed by atoms with Gasteiger partial charge in [0.05, 0.1) is 11.9 Å². The molecule has 1 atom stereocenters. The van der Waals surface area contributed by atoms with Crippen molar-refractivity contribution in [3.05, 3.63) is 59.2 Å². The van der Waals surface area contributed by atoms with Gasteiger partial charge in [0.1, 0.15) is 6.04 Å². The van der Waals surface area contributed by atoms with E-state index in [2.05, 4.69) is 5.32 Å². The third-order valence-electron chi connectivity index (χ3n) is 4.57. The predicted octanol–water partition coefficient (Wildman–Crippen LogP) is 4.05. The van der Waals surface area contributed by atoms with Crippen LogP contribution in [0.15, 0.2) is 42.5 Å². The van der Waals surface area contributed by atoms with Crippen molar-refractivity contribution in [2.24, 2.45) is 0 Å². The van der Waals surface area contributed by atoms with Gasteiger partial charge in [-0.1, -0.05) is 44.2 Å². The fourth-order valence-electron chi connectivity index (χ4n) is 3.23. The first-order valence-electron chi connectivity index (χ1n) is 9.14. The molecule has 0 unspecified atom stereocenters. The topological polar surface area (TPSA) is 66.5 Å².